The average molecular weight is 346 g/mol. The third kappa shape index (κ3) is 3.19. The second-order valence-corrected chi connectivity index (χ2v) is 5.77. The van der Waals surface area contributed by atoms with Gasteiger partial charge in [-0.05, 0) is 11.6 Å². The molecule has 1 unspecified atom stereocenters. The van der Waals surface area contributed by atoms with Gasteiger partial charge < -0.3 is 9.30 Å². The van der Waals surface area contributed by atoms with E-state index in [0.717, 1.165) is 11.4 Å². The first-order valence-corrected chi connectivity index (χ1v) is 8.27. The lowest BCUT2D eigenvalue weighted by atomic mass is 10.1. The van der Waals surface area contributed by atoms with E-state index in [1.165, 1.54) is 5.56 Å². The third-order valence-corrected chi connectivity index (χ3v) is 4.18. The van der Waals surface area contributed by atoms with Crippen molar-refractivity contribution >= 4 is 0 Å². The molecule has 7 nitrogen and oxygen atoms in total. The maximum Gasteiger partial charge on any atom is 0.316 e. The van der Waals surface area contributed by atoms with Gasteiger partial charge in [0.2, 0.25) is 0 Å². The Morgan fingerprint density at radius 3 is 2.46 bits per heavy atom. The summed E-state index contributed by atoms with van der Waals surface area (Å²) in [6, 6.07) is 12.6. The Balaban J connectivity index is 1.75. The highest BCUT2D eigenvalue weighted by atomic mass is 16.5. The van der Waals surface area contributed by atoms with Crippen LogP contribution in [0.2, 0.25) is 0 Å². The van der Waals surface area contributed by atoms with E-state index in [1.807, 2.05) is 41.3 Å². The van der Waals surface area contributed by atoms with Crippen molar-refractivity contribution in [2.75, 3.05) is 7.11 Å². The minimum absolute atomic E-state index is 0.0377. The molecule has 130 valence electrons. The number of hydrogen-bond acceptors (Lipinski definition) is 5. The molecule has 3 aromatic heterocycles. The lowest BCUT2D eigenvalue weighted by molar-refractivity contribution is 0.380. The van der Waals surface area contributed by atoms with Gasteiger partial charge in [0.05, 0.1) is 25.3 Å². The summed E-state index contributed by atoms with van der Waals surface area (Å²) in [5.74, 6) is 0.800. The number of methoxy groups -OCH3 is 1. The molecular weight excluding hydrogens is 328 g/mol. The third-order valence-electron chi connectivity index (χ3n) is 4.18. The highest BCUT2D eigenvalue weighted by Crippen LogP contribution is 2.26. The summed E-state index contributed by atoms with van der Waals surface area (Å²) in [5.41, 5.74) is 2.01. The zero-order valence-corrected chi connectivity index (χ0v) is 14.3. The zero-order valence-electron chi connectivity index (χ0n) is 14.3. The van der Waals surface area contributed by atoms with Gasteiger partial charge in [-0.15, -0.1) is 0 Å². The van der Waals surface area contributed by atoms with Crippen LogP contribution in [0.1, 0.15) is 11.6 Å². The second kappa shape index (κ2) is 7.18. The molecule has 0 radical (unpaired) electrons. The van der Waals surface area contributed by atoms with E-state index in [9.17, 15) is 0 Å². The van der Waals surface area contributed by atoms with Crippen molar-refractivity contribution in [2.45, 2.75) is 12.6 Å². The summed E-state index contributed by atoms with van der Waals surface area (Å²) in [7, 11) is 1.55. The molecule has 7 heteroatoms. The van der Waals surface area contributed by atoms with E-state index in [-0.39, 0.29) is 6.04 Å². The van der Waals surface area contributed by atoms with Crippen LogP contribution < -0.4 is 4.74 Å². The normalized spacial score (nSPS) is 12.0. The predicted octanol–water partition coefficient (Wildman–Crippen LogP) is 2.83. The highest BCUT2D eigenvalue weighted by molar-refractivity contribution is 5.53. The highest BCUT2D eigenvalue weighted by Gasteiger charge is 2.19. The first kappa shape index (κ1) is 16.0. The second-order valence-electron chi connectivity index (χ2n) is 5.77. The number of hydrogen-bond donors (Lipinski definition) is 0. The van der Waals surface area contributed by atoms with Crippen LogP contribution >= 0.6 is 0 Å². The fraction of sp³-hybridized carbons (Fsp3) is 0.158. The SMILES string of the molecule is COc1ncc(-c2nccn2C(Cn2cccn2)c2ccccc2)cn1. The molecule has 0 aliphatic rings. The van der Waals surface area contributed by atoms with E-state index in [1.54, 1.807) is 31.9 Å². The quantitative estimate of drug-likeness (QED) is 0.537. The number of rotatable bonds is 6. The van der Waals surface area contributed by atoms with Crippen LogP contribution in [0, 0.1) is 0 Å². The molecule has 0 amide bonds. The number of imidazole rings is 1. The summed E-state index contributed by atoms with van der Waals surface area (Å²) < 4.78 is 9.09. The summed E-state index contributed by atoms with van der Waals surface area (Å²) in [4.78, 5) is 12.9. The molecule has 26 heavy (non-hydrogen) atoms. The molecule has 0 fully saturated rings. The first-order valence-electron chi connectivity index (χ1n) is 8.27. The van der Waals surface area contributed by atoms with E-state index in [2.05, 4.69) is 36.8 Å². The van der Waals surface area contributed by atoms with Crippen LogP contribution in [0.3, 0.4) is 0 Å². The summed E-state index contributed by atoms with van der Waals surface area (Å²) in [6.07, 6.45) is 11.0. The van der Waals surface area contributed by atoms with E-state index in [0.29, 0.717) is 12.6 Å². The van der Waals surface area contributed by atoms with Crippen LogP contribution in [0.15, 0.2) is 73.6 Å². The maximum atomic E-state index is 5.04. The van der Waals surface area contributed by atoms with Gasteiger partial charge in [-0.3, -0.25) is 4.68 Å². The molecule has 4 aromatic rings. The van der Waals surface area contributed by atoms with Gasteiger partial charge in [0, 0.05) is 37.2 Å². The molecule has 0 N–H and O–H groups in total. The molecule has 0 spiro atoms. The summed E-state index contributed by atoms with van der Waals surface area (Å²) >= 11 is 0. The topological polar surface area (TPSA) is 70.7 Å². The minimum atomic E-state index is 0.0377. The van der Waals surface area contributed by atoms with Gasteiger partial charge in [0.25, 0.3) is 0 Å². The largest absolute Gasteiger partial charge is 0.467 e. The summed E-state index contributed by atoms with van der Waals surface area (Å²) in [6.45, 7) is 0.692. The number of benzene rings is 1. The van der Waals surface area contributed by atoms with Gasteiger partial charge in [-0.25, -0.2) is 15.0 Å². The van der Waals surface area contributed by atoms with Gasteiger partial charge in [-0.1, -0.05) is 30.3 Å². The Bertz CT molecular complexity index is 947. The van der Waals surface area contributed by atoms with Gasteiger partial charge in [-0.2, -0.15) is 5.10 Å². The lowest BCUT2D eigenvalue weighted by Gasteiger charge is -2.21. The van der Waals surface area contributed by atoms with Crippen molar-refractivity contribution in [1.29, 1.82) is 0 Å². The molecular formula is C19H18N6O. The van der Waals surface area contributed by atoms with Gasteiger partial charge in [0.1, 0.15) is 5.82 Å². The van der Waals surface area contributed by atoms with Crippen LogP contribution in [0.4, 0.5) is 0 Å². The number of aromatic nitrogens is 6. The van der Waals surface area contributed by atoms with E-state index in [4.69, 9.17) is 4.74 Å². The zero-order chi connectivity index (χ0) is 17.8. The summed E-state index contributed by atoms with van der Waals surface area (Å²) in [5, 5.41) is 4.36. The van der Waals surface area contributed by atoms with Crippen molar-refractivity contribution in [3.8, 4) is 17.4 Å². The Labute approximate surface area is 150 Å². The molecule has 1 atom stereocenters. The van der Waals surface area contributed by atoms with Crippen molar-refractivity contribution in [3.63, 3.8) is 0 Å². The molecule has 0 aliphatic heterocycles. The van der Waals surface area contributed by atoms with Crippen molar-refractivity contribution in [2.24, 2.45) is 0 Å². The Morgan fingerprint density at radius 1 is 0.962 bits per heavy atom. The molecule has 1 aromatic carbocycles. The van der Waals surface area contributed by atoms with Crippen molar-refractivity contribution in [1.82, 2.24) is 29.3 Å². The predicted molar refractivity (Wildman–Crippen MR) is 96.6 cm³/mol. The molecule has 3 heterocycles. The van der Waals surface area contributed by atoms with Crippen LogP contribution in [0.25, 0.3) is 11.4 Å². The smallest absolute Gasteiger partial charge is 0.316 e. The van der Waals surface area contributed by atoms with Crippen LogP contribution in [-0.2, 0) is 6.54 Å². The van der Waals surface area contributed by atoms with E-state index >= 15 is 0 Å². The Morgan fingerprint density at radius 2 is 1.77 bits per heavy atom. The fourth-order valence-corrected chi connectivity index (χ4v) is 2.94. The minimum Gasteiger partial charge on any atom is -0.467 e. The number of nitrogens with zero attached hydrogens (tertiary/aromatic N) is 6. The molecule has 0 saturated heterocycles. The van der Waals surface area contributed by atoms with Gasteiger partial charge in [0.15, 0.2) is 0 Å². The Hall–Kier alpha value is -3.48. The average Bonchev–Trinajstić information content (AvgIpc) is 3.39. The maximum absolute atomic E-state index is 5.04. The molecule has 0 aliphatic carbocycles. The standard InChI is InChI=1S/C19H18N6O/c1-26-19-21-12-16(13-22-19)18-20-9-11-25(18)17(14-24-10-5-8-23-24)15-6-3-2-4-7-15/h2-13,17H,14H2,1H3. The van der Waals surface area contributed by atoms with Crippen LogP contribution in [-0.4, -0.2) is 36.4 Å². The van der Waals surface area contributed by atoms with Crippen LogP contribution in [0.5, 0.6) is 6.01 Å². The molecule has 4 rings (SSSR count). The molecule has 0 saturated carbocycles. The lowest BCUT2D eigenvalue weighted by Crippen LogP contribution is -2.18. The monoisotopic (exact) mass is 346 g/mol. The fourth-order valence-electron chi connectivity index (χ4n) is 2.94. The molecule has 0 bridgehead atoms. The van der Waals surface area contributed by atoms with Crippen molar-refractivity contribution < 1.29 is 4.74 Å². The Kier molecular flexibility index (Phi) is 4.42. The number of ether oxygens (including phenoxy) is 1. The van der Waals surface area contributed by atoms with E-state index < -0.39 is 0 Å². The van der Waals surface area contributed by atoms with Crippen molar-refractivity contribution in [3.05, 3.63) is 79.1 Å². The van der Waals surface area contributed by atoms with Gasteiger partial charge >= 0.3 is 6.01 Å². The first-order chi connectivity index (χ1) is 12.8.